The second-order valence-electron chi connectivity index (χ2n) is 3.39. The fraction of sp³-hybridized carbons (Fsp3) is 0.273. The highest BCUT2D eigenvalue weighted by Gasteiger charge is 2.06. The standard InChI is InChI=1S/C11H15N3O2/c12-5-4-8-2-1-3-9(6-8)11(16)14-7-10(13)15/h1-3,6H,4-5,7,12H2,(H2,13,15)(H,14,16). The molecule has 0 aliphatic carbocycles. The Morgan fingerprint density at radius 2 is 2.06 bits per heavy atom. The number of nitrogens with one attached hydrogen (secondary N) is 1. The molecule has 5 nitrogen and oxygen atoms in total. The molecule has 2 amide bonds. The maximum absolute atomic E-state index is 11.6. The molecule has 16 heavy (non-hydrogen) atoms. The van der Waals surface area contributed by atoms with E-state index in [0.717, 1.165) is 12.0 Å². The van der Waals surface area contributed by atoms with Crippen LogP contribution < -0.4 is 16.8 Å². The highest BCUT2D eigenvalue weighted by molar-refractivity contribution is 5.96. The molecule has 0 atom stereocenters. The zero-order valence-electron chi connectivity index (χ0n) is 8.90. The first kappa shape index (κ1) is 12.2. The molecule has 0 radical (unpaired) electrons. The molecule has 0 saturated heterocycles. The van der Waals surface area contributed by atoms with E-state index >= 15 is 0 Å². The van der Waals surface area contributed by atoms with Crippen molar-refractivity contribution in [1.29, 1.82) is 0 Å². The van der Waals surface area contributed by atoms with Crippen molar-refractivity contribution in [2.75, 3.05) is 13.1 Å². The van der Waals surface area contributed by atoms with E-state index in [1.807, 2.05) is 6.07 Å². The van der Waals surface area contributed by atoms with Crippen LogP contribution in [0.15, 0.2) is 24.3 Å². The van der Waals surface area contributed by atoms with Crippen molar-refractivity contribution in [3.05, 3.63) is 35.4 Å². The SMILES string of the molecule is NCCc1cccc(C(=O)NCC(N)=O)c1. The van der Waals surface area contributed by atoms with E-state index in [1.165, 1.54) is 0 Å². The van der Waals surface area contributed by atoms with Crippen molar-refractivity contribution in [1.82, 2.24) is 5.32 Å². The summed E-state index contributed by atoms with van der Waals surface area (Å²) in [5.74, 6) is -0.871. The third-order valence-corrected chi connectivity index (χ3v) is 2.05. The van der Waals surface area contributed by atoms with E-state index in [9.17, 15) is 9.59 Å². The van der Waals surface area contributed by atoms with Crippen LogP contribution in [0.3, 0.4) is 0 Å². The Hall–Kier alpha value is -1.88. The van der Waals surface area contributed by atoms with Crippen molar-refractivity contribution in [3.8, 4) is 0 Å². The fourth-order valence-electron chi connectivity index (χ4n) is 1.30. The van der Waals surface area contributed by atoms with Crippen LogP contribution in [0.4, 0.5) is 0 Å². The van der Waals surface area contributed by atoms with Gasteiger partial charge in [-0.3, -0.25) is 9.59 Å². The summed E-state index contributed by atoms with van der Waals surface area (Å²) in [6.45, 7) is 0.381. The van der Waals surface area contributed by atoms with E-state index in [2.05, 4.69) is 5.32 Å². The van der Waals surface area contributed by atoms with Gasteiger partial charge in [0.2, 0.25) is 5.91 Å². The Kier molecular flexibility index (Phi) is 4.47. The summed E-state index contributed by atoms with van der Waals surface area (Å²) in [6.07, 6.45) is 0.719. The predicted octanol–water partition coefficient (Wildman–Crippen LogP) is -0.597. The second-order valence-corrected chi connectivity index (χ2v) is 3.39. The number of rotatable bonds is 5. The minimum atomic E-state index is -0.563. The molecule has 1 aromatic carbocycles. The van der Waals surface area contributed by atoms with E-state index in [-0.39, 0.29) is 12.5 Å². The zero-order valence-corrected chi connectivity index (χ0v) is 8.90. The summed E-state index contributed by atoms with van der Waals surface area (Å²) in [5, 5.41) is 2.42. The molecule has 0 aliphatic rings. The maximum atomic E-state index is 11.6. The molecule has 86 valence electrons. The van der Waals surface area contributed by atoms with Gasteiger partial charge in [0.25, 0.3) is 5.91 Å². The van der Waals surface area contributed by atoms with Crippen LogP contribution in [0.25, 0.3) is 0 Å². The van der Waals surface area contributed by atoms with Crippen LogP contribution in [0.5, 0.6) is 0 Å². The van der Waals surface area contributed by atoms with Gasteiger partial charge in [0.1, 0.15) is 0 Å². The molecule has 0 heterocycles. The van der Waals surface area contributed by atoms with E-state index in [1.54, 1.807) is 18.2 Å². The maximum Gasteiger partial charge on any atom is 0.251 e. The topological polar surface area (TPSA) is 98.2 Å². The van der Waals surface area contributed by atoms with Crippen molar-refractivity contribution >= 4 is 11.8 Å². The van der Waals surface area contributed by atoms with Crippen LogP contribution in [0.2, 0.25) is 0 Å². The smallest absolute Gasteiger partial charge is 0.251 e. The number of nitrogens with two attached hydrogens (primary N) is 2. The summed E-state index contributed by atoms with van der Waals surface area (Å²) in [7, 11) is 0. The average Bonchev–Trinajstić information content (AvgIpc) is 2.26. The number of amides is 2. The fourth-order valence-corrected chi connectivity index (χ4v) is 1.30. The molecule has 0 bridgehead atoms. The van der Waals surface area contributed by atoms with Gasteiger partial charge in [-0.1, -0.05) is 12.1 Å². The van der Waals surface area contributed by atoms with Crippen LogP contribution in [-0.4, -0.2) is 24.9 Å². The van der Waals surface area contributed by atoms with Gasteiger partial charge in [0, 0.05) is 5.56 Å². The van der Waals surface area contributed by atoms with Gasteiger partial charge in [0.05, 0.1) is 6.54 Å². The van der Waals surface area contributed by atoms with E-state index in [0.29, 0.717) is 12.1 Å². The van der Waals surface area contributed by atoms with Gasteiger partial charge >= 0.3 is 0 Å². The van der Waals surface area contributed by atoms with Crippen LogP contribution in [-0.2, 0) is 11.2 Å². The summed E-state index contributed by atoms with van der Waals surface area (Å²) in [5.41, 5.74) is 11.9. The van der Waals surface area contributed by atoms with E-state index in [4.69, 9.17) is 11.5 Å². The zero-order chi connectivity index (χ0) is 12.0. The summed E-state index contributed by atoms with van der Waals surface area (Å²) in [6, 6.07) is 7.11. The Bertz CT molecular complexity index is 391. The number of primary amides is 1. The van der Waals surface area contributed by atoms with Gasteiger partial charge < -0.3 is 16.8 Å². The normalized spacial score (nSPS) is 9.81. The van der Waals surface area contributed by atoms with Gasteiger partial charge in [0.15, 0.2) is 0 Å². The lowest BCUT2D eigenvalue weighted by atomic mass is 10.1. The monoisotopic (exact) mass is 221 g/mol. The first-order valence-electron chi connectivity index (χ1n) is 4.99. The van der Waals surface area contributed by atoms with Crippen LogP contribution in [0.1, 0.15) is 15.9 Å². The highest BCUT2D eigenvalue weighted by Crippen LogP contribution is 2.05. The Morgan fingerprint density at radius 3 is 2.69 bits per heavy atom. The van der Waals surface area contributed by atoms with Crippen molar-refractivity contribution in [2.24, 2.45) is 11.5 Å². The number of hydrogen-bond donors (Lipinski definition) is 3. The first-order valence-corrected chi connectivity index (χ1v) is 4.99. The largest absolute Gasteiger partial charge is 0.368 e. The van der Waals surface area contributed by atoms with Gasteiger partial charge in [-0.25, -0.2) is 0 Å². The van der Waals surface area contributed by atoms with Crippen molar-refractivity contribution in [3.63, 3.8) is 0 Å². The Labute approximate surface area is 93.8 Å². The van der Waals surface area contributed by atoms with Crippen molar-refractivity contribution in [2.45, 2.75) is 6.42 Å². The third kappa shape index (κ3) is 3.70. The van der Waals surface area contributed by atoms with Crippen LogP contribution in [0, 0.1) is 0 Å². The Balaban J connectivity index is 2.67. The highest BCUT2D eigenvalue weighted by atomic mass is 16.2. The summed E-state index contributed by atoms with van der Waals surface area (Å²) >= 11 is 0. The van der Waals surface area contributed by atoms with Gasteiger partial charge in [-0.15, -0.1) is 0 Å². The first-order chi connectivity index (χ1) is 7.63. The van der Waals surface area contributed by atoms with E-state index < -0.39 is 5.91 Å². The minimum absolute atomic E-state index is 0.153. The lowest BCUT2D eigenvalue weighted by Crippen LogP contribution is -2.33. The number of benzene rings is 1. The lowest BCUT2D eigenvalue weighted by Gasteiger charge is -2.04. The minimum Gasteiger partial charge on any atom is -0.368 e. The number of carbonyl (C=O) groups is 2. The lowest BCUT2D eigenvalue weighted by molar-refractivity contribution is -0.117. The second kappa shape index (κ2) is 5.87. The molecule has 0 spiro atoms. The van der Waals surface area contributed by atoms with Gasteiger partial charge in [-0.05, 0) is 30.7 Å². The molecule has 0 aliphatic heterocycles. The van der Waals surface area contributed by atoms with Crippen LogP contribution >= 0.6 is 0 Å². The number of carbonyl (C=O) groups excluding carboxylic acids is 2. The molecule has 1 rings (SSSR count). The Morgan fingerprint density at radius 1 is 1.31 bits per heavy atom. The number of hydrogen-bond acceptors (Lipinski definition) is 3. The summed E-state index contributed by atoms with van der Waals surface area (Å²) in [4.78, 5) is 22.1. The summed E-state index contributed by atoms with van der Waals surface area (Å²) < 4.78 is 0. The average molecular weight is 221 g/mol. The molecule has 0 saturated carbocycles. The molecular formula is C11H15N3O2. The molecular weight excluding hydrogens is 206 g/mol. The predicted molar refractivity (Wildman–Crippen MR) is 60.7 cm³/mol. The van der Waals surface area contributed by atoms with Crippen molar-refractivity contribution < 1.29 is 9.59 Å². The molecule has 0 fully saturated rings. The molecule has 5 heteroatoms. The van der Waals surface area contributed by atoms with Gasteiger partial charge in [-0.2, -0.15) is 0 Å². The molecule has 0 aromatic heterocycles. The quantitative estimate of drug-likeness (QED) is 0.619. The molecule has 5 N–H and O–H groups in total. The third-order valence-electron chi connectivity index (χ3n) is 2.05. The molecule has 0 unspecified atom stereocenters. The molecule has 1 aromatic rings.